The van der Waals surface area contributed by atoms with Gasteiger partial charge in [-0.3, -0.25) is 14.5 Å². The van der Waals surface area contributed by atoms with Crippen LogP contribution < -0.4 is 10.2 Å². The molecule has 2 amide bonds. The fourth-order valence-corrected chi connectivity index (χ4v) is 3.54. The van der Waals surface area contributed by atoms with E-state index in [9.17, 15) is 18.4 Å². The number of rotatable bonds is 7. The van der Waals surface area contributed by atoms with Crippen molar-refractivity contribution in [3.05, 3.63) is 84.3 Å². The zero-order chi connectivity index (χ0) is 25.9. The van der Waals surface area contributed by atoms with Crippen molar-refractivity contribution in [1.82, 2.24) is 25.5 Å². The summed E-state index contributed by atoms with van der Waals surface area (Å²) >= 11 is 0. The van der Waals surface area contributed by atoms with Crippen LogP contribution in [0.15, 0.2) is 71.3 Å². The summed E-state index contributed by atoms with van der Waals surface area (Å²) in [7, 11) is 0. The lowest BCUT2D eigenvalue weighted by atomic mass is 10.1. The number of hydrogen-bond donors (Lipinski definition) is 1. The second kappa shape index (κ2) is 10.1. The molecule has 36 heavy (non-hydrogen) atoms. The zero-order valence-corrected chi connectivity index (χ0v) is 19.9. The van der Waals surface area contributed by atoms with Gasteiger partial charge in [0, 0.05) is 11.1 Å². The van der Waals surface area contributed by atoms with Gasteiger partial charge in [0.1, 0.15) is 23.9 Å². The Morgan fingerprint density at radius 1 is 1.06 bits per heavy atom. The van der Waals surface area contributed by atoms with E-state index in [1.165, 1.54) is 54.8 Å². The molecule has 0 aliphatic rings. The third kappa shape index (κ3) is 5.62. The monoisotopic (exact) mass is 494 g/mol. The van der Waals surface area contributed by atoms with Gasteiger partial charge in [0.15, 0.2) is 6.04 Å². The molecule has 0 radical (unpaired) electrons. The number of anilines is 1. The number of nitrogens with one attached hydrogen (secondary N) is 1. The molecular formula is C25H24F2N6O3. The first-order valence-corrected chi connectivity index (χ1v) is 11.1. The van der Waals surface area contributed by atoms with Crippen LogP contribution in [0.1, 0.15) is 32.6 Å². The molecule has 0 spiro atoms. The Kier molecular flexibility index (Phi) is 6.91. The summed E-state index contributed by atoms with van der Waals surface area (Å²) < 4.78 is 33.7. The van der Waals surface area contributed by atoms with E-state index in [0.717, 1.165) is 9.70 Å². The van der Waals surface area contributed by atoms with Crippen LogP contribution in [0, 0.1) is 11.6 Å². The number of carbonyl (C=O) groups is 2. The average Bonchev–Trinajstić information content (AvgIpc) is 3.50. The zero-order valence-electron chi connectivity index (χ0n) is 19.9. The maximum atomic E-state index is 15.0. The number of hydrogen-bond acceptors (Lipinski definition) is 6. The quantitative estimate of drug-likeness (QED) is 0.418. The third-order valence-corrected chi connectivity index (χ3v) is 5.03. The minimum absolute atomic E-state index is 0.119. The lowest BCUT2D eigenvalue weighted by Crippen LogP contribution is -2.50. The SMILES string of the molecule is CC(C)(C)NC(=O)[C@H](c1ccco1)N(C(=O)Cn1nnc(-c2ccc(F)cc2)n1)c1ccccc1F. The van der Waals surface area contributed by atoms with E-state index in [1.807, 2.05) is 0 Å². The second-order valence-corrected chi connectivity index (χ2v) is 9.02. The summed E-state index contributed by atoms with van der Waals surface area (Å²) in [5.41, 5.74) is -0.255. The van der Waals surface area contributed by atoms with Crippen LogP contribution in [0.2, 0.25) is 0 Å². The summed E-state index contributed by atoms with van der Waals surface area (Å²) in [5.74, 6) is -2.05. The predicted molar refractivity (Wildman–Crippen MR) is 126 cm³/mol. The Hall–Kier alpha value is -4.41. The van der Waals surface area contributed by atoms with Crippen molar-refractivity contribution in [3.63, 3.8) is 0 Å². The van der Waals surface area contributed by atoms with Gasteiger partial charge >= 0.3 is 0 Å². The summed E-state index contributed by atoms with van der Waals surface area (Å²) in [6, 6.07) is 12.9. The van der Waals surface area contributed by atoms with E-state index in [-0.39, 0.29) is 17.3 Å². The standard InChI is InChI=1S/C25H24F2N6O3/c1-25(2,3)28-24(35)22(20-9-6-14-36-20)33(19-8-5-4-7-18(19)27)21(34)15-32-30-23(29-31-32)16-10-12-17(26)13-11-16/h4-14,22H,15H2,1-3H3,(H,28,35)/t22-/m0/s1. The molecule has 0 saturated heterocycles. The predicted octanol–water partition coefficient (Wildman–Crippen LogP) is 3.90. The van der Waals surface area contributed by atoms with E-state index in [1.54, 1.807) is 32.9 Å². The summed E-state index contributed by atoms with van der Waals surface area (Å²) in [5, 5.41) is 14.8. The van der Waals surface area contributed by atoms with Crippen molar-refractivity contribution in [1.29, 1.82) is 0 Å². The summed E-state index contributed by atoms with van der Waals surface area (Å²) in [6.45, 7) is 4.91. The van der Waals surface area contributed by atoms with E-state index in [4.69, 9.17) is 4.42 Å². The number of amides is 2. The van der Waals surface area contributed by atoms with Crippen LogP contribution in [0.4, 0.5) is 14.5 Å². The van der Waals surface area contributed by atoms with E-state index in [2.05, 4.69) is 20.7 Å². The van der Waals surface area contributed by atoms with Gasteiger partial charge in [0.05, 0.1) is 12.0 Å². The molecule has 11 heteroatoms. The molecule has 0 aliphatic heterocycles. The Balaban J connectivity index is 1.71. The number of para-hydroxylation sites is 1. The van der Waals surface area contributed by atoms with Gasteiger partial charge < -0.3 is 9.73 Å². The topological polar surface area (TPSA) is 106 Å². The Morgan fingerprint density at radius 2 is 1.78 bits per heavy atom. The van der Waals surface area contributed by atoms with Crippen molar-refractivity contribution < 1.29 is 22.8 Å². The number of furan rings is 1. The lowest BCUT2D eigenvalue weighted by molar-refractivity contribution is -0.128. The molecule has 2 aromatic carbocycles. The first-order valence-electron chi connectivity index (χ1n) is 11.1. The van der Waals surface area contributed by atoms with Gasteiger partial charge in [0.2, 0.25) is 5.82 Å². The van der Waals surface area contributed by atoms with Gasteiger partial charge in [0.25, 0.3) is 11.8 Å². The maximum absolute atomic E-state index is 15.0. The van der Waals surface area contributed by atoms with Crippen LogP contribution >= 0.6 is 0 Å². The number of nitrogens with zero attached hydrogens (tertiary/aromatic N) is 5. The van der Waals surface area contributed by atoms with Crippen molar-refractivity contribution >= 4 is 17.5 Å². The molecule has 1 N–H and O–H groups in total. The molecular weight excluding hydrogens is 470 g/mol. The van der Waals surface area contributed by atoms with Crippen molar-refractivity contribution in [2.45, 2.75) is 38.9 Å². The first kappa shape index (κ1) is 24.7. The van der Waals surface area contributed by atoms with Gasteiger partial charge in [-0.25, -0.2) is 8.78 Å². The van der Waals surface area contributed by atoms with Crippen molar-refractivity contribution in [3.8, 4) is 11.4 Å². The number of carbonyl (C=O) groups excluding carboxylic acids is 2. The van der Waals surface area contributed by atoms with Crippen LogP contribution in [-0.2, 0) is 16.1 Å². The number of benzene rings is 2. The number of tetrazole rings is 1. The first-order chi connectivity index (χ1) is 17.1. The molecule has 2 heterocycles. The molecule has 2 aromatic heterocycles. The van der Waals surface area contributed by atoms with E-state index >= 15 is 0 Å². The van der Waals surface area contributed by atoms with Crippen molar-refractivity contribution in [2.24, 2.45) is 0 Å². The highest BCUT2D eigenvalue weighted by molar-refractivity contribution is 6.01. The normalized spacial score (nSPS) is 12.2. The third-order valence-electron chi connectivity index (χ3n) is 5.03. The van der Waals surface area contributed by atoms with Crippen LogP contribution in [0.5, 0.6) is 0 Å². The largest absolute Gasteiger partial charge is 0.467 e. The molecule has 4 rings (SSSR count). The minimum atomic E-state index is -1.32. The molecule has 0 fully saturated rings. The highest BCUT2D eigenvalue weighted by atomic mass is 19.1. The summed E-state index contributed by atoms with van der Waals surface area (Å²) in [4.78, 5) is 29.1. The fraction of sp³-hybridized carbons (Fsp3) is 0.240. The smallest absolute Gasteiger partial charge is 0.251 e. The summed E-state index contributed by atoms with van der Waals surface area (Å²) in [6.07, 6.45) is 1.37. The second-order valence-electron chi connectivity index (χ2n) is 9.02. The molecule has 4 aromatic rings. The fourth-order valence-electron chi connectivity index (χ4n) is 3.54. The lowest BCUT2D eigenvalue weighted by Gasteiger charge is -2.32. The molecule has 1 atom stereocenters. The molecule has 0 saturated carbocycles. The van der Waals surface area contributed by atoms with Crippen molar-refractivity contribution in [2.75, 3.05) is 4.90 Å². The Morgan fingerprint density at radius 3 is 2.42 bits per heavy atom. The molecule has 9 nitrogen and oxygen atoms in total. The van der Waals surface area contributed by atoms with Gasteiger partial charge in [-0.15, -0.1) is 10.2 Å². The van der Waals surface area contributed by atoms with Gasteiger partial charge in [-0.2, -0.15) is 4.80 Å². The minimum Gasteiger partial charge on any atom is -0.467 e. The van der Waals surface area contributed by atoms with E-state index < -0.39 is 41.6 Å². The van der Waals surface area contributed by atoms with Crippen LogP contribution in [0.25, 0.3) is 11.4 Å². The number of halogens is 2. The molecule has 186 valence electrons. The molecule has 0 bridgehead atoms. The highest BCUT2D eigenvalue weighted by Crippen LogP contribution is 2.31. The highest BCUT2D eigenvalue weighted by Gasteiger charge is 2.37. The van der Waals surface area contributed by atoms with Gasteiger partial charge in [-0.1, -0.05) is 12.1 Å². The van der Waals surface area contributed by atoms with Crippen LogP contribution in [0.3, 0.4) is 0 Å². The number of aromatic nitrogens is 4. The Bertz CT molecular complexity index is 1350. The maximum Gasteiger partial charge on any atom is 0.251 e. The van der Waals surface area contributed by atoms with E-state index in [0.29, 0.717) is 5.56 Å². The Labute approximate surface area is 205 Å². The van der Waals surface area contributed by atoms with Gasteiger partial charge in [-0.05, 0) is 74.5 Å². The average molecular weight is 495 g/mol. The van der Waals surface area contributed by atoms with Crippen LogP contribution in [-0.4, -0.2) is 37.6 Å². The molecule has 0 unspecified atom stereocenters. The molecule has 0 aliphatic carbocycles.